The molecule has 0 saturated heterocycles. The van der Waals surface area contributed by atoms with Gasteiger partial charge in [0.15, 0.2) is 0 Å². The predicted molar refractivity (Wildman–Crippen MR) is 43.4 cm³/mol. The van der Waals surface area contributed by atoms with E-state index in [1.54, 1.807) is 6.92 Å². The molecule has 1 aromatic rings. The topological polar surface area (TPSA) is 38.9 Å². The lowest BCUT2D eigenvalue weighted by atomic mass is 10.2. The van der Waals surface area contributed by atoms with Crippen molar-refractivity contribution in [1.29, 1.82) is 0 Å². The quantitative estimate of drug-likeness (QED) is 0.743. The third-order valence-corrected chi connectivity index (χ3v) is 1.96. The Kier molecular flexibility index (Phi) is 2.47. The molecule has 0 radical (unpaired) electrons. The van der Waals surface area contributed by atoms with Gasteiger partial charge in [0.25, 0.3) is 6.43 Å². The van der Waals surface area contributed by atoms with Gasteiger partial charge < -0.3 is 5.73 Å². The first-order valence-corrected chi connectivity index (χ1v) is 3.60. The number of aryl methyl sites for hydroxylation is 1. The molecule has 2 N–H and O–H groups in total. The molecule has 12 heavy (non-hydrogen) atoms. The highest BCUT2D eigenvalue weighted by atomic mass is 35.5. The number of nitrogens with zero attached hydrogens (tertiary/aromatic N) is 1. The van der Waals surface area contributed by atoms with Gasteiger partial charge in [-0.25, -0.2) is 8.78 Å². The van der Waals surface area contributed by atoms with Gasteiger partial charge in [0.2, 0.25) is 0 Å². The number of aromatic nitrogens is 1. The van der Waals surface area contributed by atoms with Gasteiger partial charge in [0.1, 0.15) is 5.69 Å². The summed E-state index contributed by atoms with van der Waals surface area (Å²) < 4.78 is 24.3. The second-order valence-electron chi connectivity index (χ2n) is 2.35. The van der Waals surface area contributed by atoms with Crippen molar-refractivity contribution in [3.63, 3.8) is 0 Å². The Morgan fingerprint density at radius 3 is 2.67 bits per heavy atom. The zero-order valence-electron chi connectivity index (χ0n) is 6.31. The van der Waals surface area contributed by atoms with Gasteiger partial charge in [-0.05, 0) is 12.5 Å². The van der Waals surface area contributed by atoms with Crippen molar-refractivity contribution in [3.8, 4) is 0 Å². The summed E-state index contributed by atoms with van der Waals surface area (Å²) in [5.74, 6) is 0. The van der Waals surface area contributed by atoms with E-state index in [1.165, 1.54) is 6.20 Å². The van der Waals surface area contributed by atoms with Crippen LogP contribution in [0.1, 0.15) is 17.7 Å². The molecule has 0 spiro atoms. The van der Waals surface area contributed by atoms with Crippen LogP contribution in [0.2, 0.25) is 5.02 Å². The first-order valence-electron chi connectivity index (χ1n) is 3.22. The summed E-state index contributed by atoms with van der Waals surface area (Å²) in [7, 11) is 0. The second-order valence-corrected chi connectivity index (χ2v) is 2.73. The molecule has 0 saturated carbocycles. The fourth-order valence-electron chi connectivity index (χ4n) is 0.791. The van der Waals surface area contributed by atoms with E-state index < -0.39 is 12.1 Å². The lowest BCUT2D eigenvalue weighted by Crippen LogP contribution is -2.00. The standard InChI is InChI=1S/C7H7ClF2N2/c1-3-2-12-6(7(9)10)5(11)4(3)8/h2,7H,11H2,1H3. The lowest BCUT2D eigenvalue weighted by molar-refractivity contribution is 0.147. The van der Waals surface area contributed by atoms with Crippen LogP contribution in [0.25, 0.3) is 0 Å². The van der Waals surface area contributed by atoms with Crippen LogP contribution in [0, 0.1) is 6.92 Å². The normalized spacial score (nSPS) is 10.8. The van der Waals surface area contributed by atoms with Gasteiger partial charge in [-0.15, -0.1) is 0 Å². The van der Waals surface area contributed by atoms with Crippen LogP contribution in [-0.4, -0.2) is 4.98 Å². The first-order chi connectivity index (χ1) is 5.54. The maximum Gasteiger partial charge on any atom is 0.282 e. The van der Waals surface area contributed by atoms with Crippen molar-refractivity contribution in [2.75, 3.05) is 5.73 Å². The van der Waals surface area contributed by atoms with Crippen molar-refractivity contribution < 1.29 is 8.78 Å². The average molecular weight is 193 g/mol. The zero-order chi connectivity index (χ0) is 9.30. The Bertz CT molecular complexity index is 302. The molecule has 0 aliphatic carbocycles. The maximum atomic E-state index is 12.1. The van der Waals surface area contributed by atoms with Gasteiger partial charge in [-0.2, -0.15) is 0 Å². The third kappa shape index (κ3) is 1.48. The molecule has 0 amide bonds. The molecule has 0 fully saturated rings. The number of rotatable bonds is 1. The molecule has 0 atom stereocenters. The Hall–Kier alpha value is -0.900. The van der Waals surface area contributed by atoms with Crippen LogP contribution in [0.15, 0.2) is 6.20 Å². The van der Waals surface area contributed by atoms with E-state index >= 15 is 0 Å². The number of halogens is 3. The zero-order valence-corrected chi connectivity index (χ0v) is 7.07. The van der Waals surface area contributed by atoms with E-state index in [-0.39, 0.29) is 10.7 Å². The van der Waals surface area contributed by atoms with E-state index in [4.69, 9.17) is 17.3 Å². The molecule has 1 heterocycles. The van der Waals surface area contributed by atoms with Gasteiger partial charge in [-0.1, -0.05) is 11.6 Å². The molecule has 0 unspecified atom stereocenters. The van der Waals surface area contributed by atoms with Gasteiger partial charge >= 0.3 is 0 Å². The molecule has 2 nitrogen and oxygen atoms in total. The molecule has 0 aromatic carbocycles. The van der Waals surface area contributed by atoms with Crippen molar-refractivity contribution in [1.82, 2.24) is 4.98 Å². The Morgan fingerprint density at radius 2 is 2.17 bits per heavy atom. The number of alkyl halides is 2. The summed E-state index contributed by atoms with van der Waals surface area (Å²) in [4.78, 5) is 3.48. The third-order valence-electron chi connectivity index (χ3n) is 1.46. The van der Waals surface area contributed by atoms with Crippen LogP contribution in [0.4, 0.5) is 14.5 Å². The average Bonchev–Trinajstić information content (AvgIpc) is 2.00. The van der Waals surface area contributed by atoms with Crippen LogP contribution in [-0.2, 0) is 0 Å². The fraction of sp³-hybridized carbons (Fsp3) is 0.286. The van der Waals surface area contributed by atoms with Crippen molar-refractivity contribution in [2.24, 2.45) is 0 Å². The second kappa shape index (κ2) is 3.23. The van der Waals surface area contributed by atoms with Gasteiger partial charge in [-0.3, -0.25) is 4.98 Å². The first kappa shape index (κ1) is 9.19. The fourth-order valence-corrected chi connectivity index (χ4v) is 0.937. The maximum absolute atomic E-state index is 12.1. The van der Waals surface area contributed by atoms with E-state index in [0.717, 1.165) is 0 Å². The highest BCUT2D eigenvalue weighted by Crippen LogP contribution is 2.30. The number of hydrogen-bond donors (Lipinski definition) is 1. The van der Waals surface area contributed by atoms with Gasteiger partial charge in [0, 0.05) is 6.20 Å². The van der Waals surface area contributed by atoms with Crippen molar-refractivity contribution >= 4 is 17.3 Å². The highest BCUT2D eigenvalue weighted by Gasteiger charge is 2.15. The van der Waals surface area contributed by atoms with Crippen molar-refractivity contribution in [2.45, 2.75) is 13.3 Å². The molecule has 0 aliphatic rings. The van der Waals surface area contributed by atoms with Crippen LogP contribution in [0.5, 0.6) is 0 Å². The largest absolute Gasteiger partial charge is 0.396 e. The summed E-state index contributed by atoms with van der Waals surface area (Å²) in [6.45, 7) is 1.65. The Labute approximate surface area is 73.4 Å². The number of pyridine rings is 1. The smallest absolute Gasteiger partial charge is 0.282 e. The van der Waals surface area contributed by atoms with Gasteiger partial charge in [0.05, 0.1) is 10.7 Å². The van der Waals surface area contributed by atoms with E-state index in [1.807, 2.05) is 0 Å². The minimum Gasteiger partial charge on any atom is -0.396 e. The lowest BCUT2D eigenvalue weighted by Gasteiger charge is -2.06. The number of anilines is 1. The summed E-state index contributed by atoms with van der Waals surface area (Å²) in [5, 5.41) is 0.153. The molecule has 1 rings (SSSR count). The molecule has 66 valence electrons. The number of hydrogen-bond acceptors (Lipinski definition) is 2. The van der Waals surface area contributed by atoms with Crippen LogP contribution < -0.4 is 5.73 Å². The van der Waals surface area contributed by atoms with E-state index in [0.29, 0.717) is 5.56 Å². The summed E-state index contributed by atoms with van der Waals surface area (Å²) in [5.41, 5.74) is 5.32. The Morgan fingerprint density at radius 1 is 1.58 bits per heavy atom. The minimum absolute atomic E-state index is 0.133. The molecule has 5 heteroatoms. The molecule has 0 aliphatic heterocycles. The summed E-state index contributed by atoms with van der Waals surface area (Å²) >= 11 is 5.63. The summed E-state index contributed by atoms with van der Waals surface area (Å²) in [6.07, 6.45) is -1.40. The molecular weight excluding hydrogens is 186 g/mol. The molecule has 1 aromatic heterocycles. The van der Waals surface area contributed by atoms with Crippen LogP contribution in [0.3, 0.4) is 0 Å². The highest BCUT2D eigenvalue weighted by molar-refractivity contribution is 6.33. The van der Waals surface area contributed by atoms with E-state index in [9.17, 15) is 8.78 Å². The Balaban J connectivity index is 3.27. The molecular formula is C7H7ClF2N2. The van der Waals surface area contributed by atoms with Crippen molar-refractivity contribution in [3.05, 3.63) is 22.5 Å². The number of nitrogen functional groups attached to an aromatic ring is 1. The number of nitrogens with two attached hydrogens (primary N) is 1. The van der Waals surface area contributed by atoms with E-state index in [2.05, 4.69) is 4.98 Å². The summed E-state index contributed by atoms with van der Waals surface area (Å²) in [6, 6.07) is 0. The predicted octanol–water partition coefficient (Wildman–Crippen LogP) is 2.56. The molecule has 0 bridgehead atoms. The SMILES string of the molecule is Cc1cnc(C(F)F)c(N)c1Cl. The minimum atomic E-state index is -2.68. The monoisotopic (exact) mass is 192 g/mol. The van der Waals surface area contributed by atoms with Crippen LogP contribution >= 0.6 is 11.6 Å².